The largest absolute Gasteiger partial charge is 0.276 e. The van der Waals surface area contributed by atoms with E-state index in [1.165, 1.54) is 4.53 Å². The summed E-state index contributed by atoms with van der Waals surface area (Å²) in [7, 11) is 0. The summed E-state index contributed by atoms with van der Waals surface area (Å²) in [5.74, 6) is 0. The van der Waals surface area contributed by atoms with Crippen molar-refractivity contribution in [3.8, 4) is 0 Å². The Balaban J connectivity index is 2.53. The Morgan fingerprint density at radius 1 is 1.55 bits per heavy atom. The van der Waals surface area contributed by atoms with Gasteiger partial charge in [-0.15, -0.1) is 0 Å². The minimum Gasteiger partial charge on any atom is -0.276 e. The number of hydrazone groups is 1. The molecule has 1 N–H and O–H groups in total. The number of aromatic amines is 1. The molecule has 5 heteroatoms. The number of H-pyrrole nitrogens is 1. The maximum Gasteiger partial charge on any atom is 0.123 e. The number of rotatable bonds is 0. The lowest BCUT2D eigenvalue weighted by atomic mass is 10.3. The van der Waals surface area contributed by atoms with Crippen molar-refractivity contribution in [1.82, 2.24) is 10.2 Å². The van der Waals surface area contributed by atoms with E-state index in [2.05, 4.69) is 15.3 Å². The summed E-state index contributed by atoms with van der Waals surface area (Å²) < 4.78 is 1.25. The van der Waals surface area contributed by atoms with Crippen molar-refractivity contribution in [1.29, 1.82) is 0 Å². The lowest BCUT2D eigenvalue weighted by molar-refractivity contribution is 1.08. The zero-order valence-electron chi connectivity index (χ0n) is 5.53. The highest BCUT2D eigenvalue weighted by atomic mass is 35.5. The highest BCUT2D eigenvalue weighted by molar-refractivity contribution is 6.26. The third-order valence-corrected chi connectivity index (χ3v) is 1.63. The third-order valence-electron chi connectivity index (χ3n) is 1.36. The van der Waals surface area contributed by atoms with Gasteiger partial charge in [0.2, 0.25) is 0 Å². The highest BCUT2D eigenvalue weighted by Crippen LogP contribution is 2.22. The first-order valence-corrected chi connectivity index (χ1v) is 3.41. The minimum absolute atomic E-state index is 0.761. The van der Waals surface area contributed by atoms with Crippen molar-refractivity contribution >= 4 is 29.8 Å². The van der Waals surface area contributed by atoms with Crippen LogP contribution in [0.15, 0.2) is 17.4 Å². The fraction of sp³-hybridized carbons (Fsp3) is 0. The molecule has 1 aliphatic rings. The van der Waals surface area contributed by atoms with Crippen molar-refractivity contribution in [2.75, 3.05) is 4.53 Å². The summed E-state index contributed by atoms with van der Waals surface area (Å²) in [6, 6.07) is 0. The molecule has 0 spiro atoms. The predicted molar refractivity (Wildman–Crippen MR) is 44.4 cm³/mol. The average Bonchev–Trinajstić information content (AvgIpc) is 2.40. The fourth-order valence-corrected chi connectivity index (χ4v) is 1.04. The Kier molecular flexibility index (Phi) is 1.40. The summed E-state index contributed by atoms with van der Waals surface area (Å²) in [5, 5.41) is 10.5. The van der Waals surface area contributed by atoms with Gasteiger partial charge in [-0.2, -0.15) is 14.7 Å². The summed E-state index contributed by atoms with van der Waals surface area (Å²) in [6.45, 7) is 0. The van der Waals surface area contributed by atoms with Crippen LogP contribution in [0.25, 0.3) is 6.08 Å². The molecule has 0 saturated heterocycles. The van der Waals surface area contributed by atoms with Gasteiger partial charge < -0.3 is 0 Å². The molecule has 0 radical (unpaired) electrons. The van der Waals surface area contributed by atoms with Crippen LogP contribution in [0, 0.1) is 0 Å². The molecule has 1 aromatic rings. The SMILES string of the molecule is ClN1N=CC=Cc2[nH]ncc21. The number of aromatic nitrogens is 2. The van der Waals surface area contributed by atoms with Gasteiger partial charge >= 0.3 is 0 Å². The first kappa shape index (κ1) is 6.42. The molecule has 11 heavy (non-hydrogen) atoms. The number of anilines is 1. The maximum absolute atomic E-state index is 5.73. The maximum atomic E-state index is 5.73. The van der Waals surface area contributed by atoms with Crippen LogP contribution in [0.5, 0.6) is 0 Å². The Morgan fingerprint density at radius 3 is 3.36 bits per heavy atom. The zero-order chi connectivity index (χ0) is 7.68. The minimum atomic E-state index is 0.761. The molecule has 56 valence electrons. The van der Waals surface area contributed by atoms with Crippen molar-refractivity contribution in [2.24, 2.45) is 5.10 Å². The quantitative estimate of drug-likeness (QED) is 0.595. The van der Waals surface area contributed by atoms with E-state index < -0.39 is 0 Å². The van der Waals surface area contributed by atoms with Gasteiger partial charge in [-0.1, -0.05) is 0 Å². The molecular formula is C6H5ClN4. The number of fused-ring (bicyclic) bond motifs is 1. The van der Waals surface area contributed by atoms with Gasteiger partial charge in [0.15, 0.2) is 0 Å². The highest BCUT2D eigenvalue weighted by Gasteiger charge is 2.09. The van der Waals surface area contributed by atoms with E-state index in [4.69, 9.17) is 11.8 Å². The van der Waals surface area contributed by atoms with Crippen LogP contribution in [0.2, 0.25) is 0 Å². The summed E-state index contributed by atoms with van der Waals surface area (Å²) in [4.78, 5) is 0. The van der Waals surface area contributed by atoms with Crippen molar-refractivity contribution in [3.63, 3.8) is 0 Å². The van der Waals surface area contributed by atoms with Gasteiger partial charge in [0.25, 0.3) is 0 Å². The number of halogens is 1. The van der Waals surface area contributed by atoms with E-state index in [-0.39, 0.29) is 0 Å². The molecule has 0 unspecified atom stereocenters. The fourth-order valence-electron chi connectivity index (χ4n) is 0.858. The van der Waals surface area contributed by atoms with Crippen LogP contribution in [0.4, 0.5) is 5.69 Å². The number of hydrogen-bond acceptors (Lipinski definition) is 3. The molecule has 1 aliphatic heterocycles. The Labute approximate surface area is 68.3 Å². The summed E-state index contributed by atoms with van der Waals surface area (Å²) >= 11 is 5.73. The van der Waals surface area contributed by atoms with Crippen LogP contribution >= 0.6 is 11.8 Å². The second-order valence-corrected chi connectivity index (χ2v) is 2.37. The smallest absolute Gasteiger partial charge is 0.123 e. The molecule has 2 heterocycles. The van der Waals surface area contributed by atoms with Crippen LogP contribution in [0.3, 0.4) is 0 Å². The van der Waals surface area contributed by atoms with Gasteiger partial charge in [-0.25, -0.2) is 0 Å². The molecule has 1 aromatic heterocycles. The van der Waals surface area contributed by atoms with E-state index in [0.29, 0.717) is 0 Å². The van der Waals surface area contributed by atoms with E-state index >= 15 is 0 Å². The van der Waals surface area contributed by atoms with Gasteiger partial charge in [0.1, 0.15) is 5.69 Å². The molecule has 0 saturated carbocycles. The van der Waals surface area contributed by atoms with E-state index in [1.807, 2.05) is 6.08 Å². The Bertz CT molecular complexity index is 314. The standard InChI is InChI=1S/C6H5ClN4/c7-11-6-4-8-10-5(6)2-1-3-9-11/h1-4H,(H,8,10). The molecular weight excluding hydrogens is 164 g/mol. The average molecular weight is 169 g/mol. The monoisotopic (exact) mass is 168 g/mol. The first-order valence-electron chi connectivity index (χ1n) is 3.08. The number of allylic oxidation sites excluding steroid dienone is 1. The Morgan fingerprint density at radius 2 is 2.45 bits per heavy atom. The van der Waals surface area contributed by atoms with Crippen molar-refractivity contribution in [2.45, 2.75) is 0 Å². The molecule has 4 nitrogen and oxygen atoms in total. The van der Waals surface area contributed by atoms with E-state index in [0.717, 1.165) is 11.4 Å². The van der Waals surface area contributed by atoms with E-state index in [9.17, 15) is 0 Å². The topological polar surface area (TPSA) is 44.3 Å². The molecule has 0 fully saturated rings. The number of hydrogen-bond donors (Lipinski definition) is 1. The normalized spacial score (nSPS) is 14.8. The van der Waals surface area contributed by atoms with E-state index in [1.54, 1.807) is 18.5 Å². The van der Waals surface area contributed by atoms with Gasteiger partial charge in [0, 0.05) is 18.0 Å². The van der Waals surface area contributed by atoms with Gasteiger partial charge in [-0.3, -0.25) is 5.10 Å². The zero-order valence-corrected chi connectivity index (χ0v) is 6.28. The Hall–Kier alpha value is -1.29. The number of nitrogens with zero attached hydrogens (tertiary/aromatic N) is 3. The van der Waals surface area contributed by atoms with Gasteiger partial charge in [-0.05, 0) is 12.2 Å². The van der Waals surface area contributed by atoms with Crippen LogP contribution in [0.1, 0.15) is 5.69 Å². The summed E-state index contributed by atoms with van der Waals surface area (Å²) in [5.41, 5.74) is 1.62. The lowest BCUT2D eigenvalue weighted by Crippen LogP contribution is -1.98. The summed E-state index contributed by atoms with van der Waals surface area (Å²) in [6.07, 6.45) is 6.88. The second-order valence-electron chi connectivity index (χ2n) is 2.05. The van der Waals surface area contributed by atoms with Crippen molar-refractivity contribution < 1.29 is 0 Å². The third kappa shape index (κ3) is 1.01. The molecule has 2 rings (SSSR count). The second kappa shape index (κ2) is 2.39. The lowest BCUT2D eigenvalue weighted by Gasteiger charge is -2.03. The molecule has 0 atom stereocenters. The number of nitrogens with one attached hydrogen (secondary N) is 1. The van der Waals surface area contributed by atoms with Crippen LogP contribution in [-0.4, -0.2) is 16.4 Å². The predicted octanol–water partition coefficient (Wildman–Crippen LogP) is 1.38. The first-order chi connectivity index (χ1) is 5.38. The van der Waals surface area contributed by atoms with Gasteiger partial charge in [0.05, 0.1) is 11.9 Å². The van der Waals surface area contributed by atoms with Crippen LogP contribution < -0.4 is 4.53 Å². The van der Waals surface area contributed by atoms with Crippen molar-refractivity contribution in [3.05, 3.63) is 18.0 Å². The molecule has 0 bridgehead atoms. The van der Waals surface area contributed by atoms with Crippen LogP contribution in [-0.2, 0) is 0 Å². The molecule has 0 amide bonds. The molecule has 0 aromatic carbocycles. The molecule has 0 aliphatic carbocycles.